The molecule has 0 unspecified atom stereocenters. The van der Waals surface area contributed by atoms with Crippen LogP contribution in [0.2, 0.25) is 0 Å². The Morgan fingerprint density at radius 3 is 1.11 bits per heavy atom. The van der Waals surface area contributed by atoms with Gasteiger partial charge in [-0.2, -0.15) is 0 Å². The van der Waals surface area contributed by atoms with Crippen molar-refractivity contribution in [3.8, 4) is 0 Å². The maximum atomic E-state index is 10.3. The number of hydrogen-bond donors (Lipinski definition) is 0. The van der Waals surface area contributed by atoms with Crippen LogP contribution in [0.15, 0.2) is 0 Å². The van der Waals surface area contributed by atoms with Crippen LogP contribution in [0.4, 0.5) is 0 Å². The second kappa shape index (κ2) is 2.60. The summed E-state index contributed by atoms with van der Waals surface area (Å²) in [6.07, 6.45) is 1.85. The SMILES string of the molecule is CS(=O)(=O)[As]S(C)(=O)=O. The molecule has 4 nitrogen and oxygen atoms in total. The summed E-state index contributed by atoms with van der Waals surface area (Å²) in [6, 6.07) is 0. The van der Waals surface area contributed by atoms with Crippen LogP contribution in [0.25, 0.3) is 0 Å². The molecule has 0 aromatic carbocycles. The molecule has 1 radical (unpaired) electrons. The summed E-state index contributed by atoms with van der Waals surface area (Å²) in [5.41, 5.74) is 0. The summed E-state index contributed by atoms with van der Waals surface area (Å²) >= 11 is -1.58. The van der Waals surface area contributed by atoms with Crippen molar-refractivity contribution in [2.75, 3.05) is 12.5 Å². The molecule has 55 valence electrons. The third-order valence-electron chi connectivity index (χ3n) is 0.271. The Kier molecular flexibility index (Phi) is 2.73. The number of rotatable bonds is 2. The first kappa shape index (κ1) is 9.46. The van der Waals surface area contributed by atoms with Crippen molar-refractivity contribution in [1.29, 1.82) is 0 Å². The van der Waals surface area contributed by atoms with E-state index in [1.54, 1.807) is 0 Å². The molecule has 0 aromatic heterocycles. The molecule has 0 fully saturated rings. The molecule has 0 aliphatic heterocycles. The second-order valence-corrected chi connectivity index (χ2v) is 16.2. The van der Waals surface area contributed by atoms with Crippen molar-refractivity contribution in [3.63, 3.8) is 0 Å². The van der Waals surface area contributed by atoms with Gasteiger partial charge in [-0.15, -0.1) is 0 Å². The van der Waals surface area contributed by atoms with Gasteiger partial charge in [0.2, 0.25) is 0 Å². The van der Waals surface area contributed by atoms with Gasteiger partial charge in [0.25, 0.3) is 0 Å². The molecule has 0 aliphatic carbocycles. The van der Waals surface area contributed by atoms with Crippen molar-refractivity contribution < 1.29 is 16.8 Å². The molecular formula is C2H6AsO4S2. The van der Waals surface area contributed by atoms with Crippen LogP contribution in [0.3, 0.4) is 0 Å². The van der Waals surface area contributed by atoms with Crippen molar-refractivity contribution in [2.45, 2.75) is 0 Å². The summed E-state index contributed by atoms with van der Waals surface area (Å²) in [4.78, 5) is 0. The second-order valence-electron chi connectivity index (χ2n) is 1.54. The van der Waals surface area contributed by atoms with Gasteiger partial charge in [0, 0.05) is 0 Å². The van der Waals surface area contributed by atoms with Gasteiger partial charge in [0.15, 0.2) is 0 Å². The molecule has 0 rings (SSSR count). The predicted molar refractivity (Wildman–Crippen MR) is 35.4 cm³/mol. The van der Waals surface area contributed by atoms with E-state index in [1.165, 1.54) is 0 Å². The van der Waals surface area contributed by atoms with E-state index in [0.29, 0.717) is 0 Å². The van der Waals surface area contributed by atoms with Gasteiger partial charge in [0.05, 0.1) is 0 Å². The summed E-state index contributed by atoms with van der Waals surface area (Å²) in [5, 5.41) is 0. The molecule has 0 spiro atoms. The average Bonchev–Trinajstić information content (AvgIpc) is 1.14. The molecule has 0 amide bonds. The minimum absolute atomic E-state index is 0.925. The zero-order chi connectivity index (χ0) is 7.71. The normalized spacial score (nSPS) is 13.6. The molecular weight excluding hydrogens is 227 g/mol. The van der Waals surface area contributed by atoms with Gasteiger partial charge in [-0.25, -0.2) is 0 Å². The van der Waals surface area contributed by atoms with Gasteiger partial charge in [-0.3, -0.25) is 0 Å². The van der Waals surface area contributed by atoms with Gasteiger partial charge in [-0.1, -0.05) is 0 Å². The summed E-state index contributed by atoms with van der Waals surface area (Å²) in [7, 11) is -6.55. The molecule has 0 saturated carbocycles. The maximum absolute atomic E-state index is 10.3. The molecule has 0 aromatic rings. The van der Waals surface area contributed by atoms with E-state index < -0.39 is 29.6 Å². The molecule has 9 heavy (non-hydrogen) atoms. The van der Waals surface area contributed by atoms with Crippen LogP contribution in [-0.2, 0) is 16.2 Å². The molecule has 0 heterocycles. The van der Waals surface area contributed by atoms with Crippen LogP contribution >= 0.6 is 0 Å². The van der Waals surface area contributed by atoms with E-state index >= 15 is 0 Å². The van der Waals surface area contributed by atoms with Crippen molar-refractivity contribution in [2.24, 2.45) is 0 Å². The zero-order valence-electron chi connectivity index (χ0n) is 4.90. The Balaban J connectivity index is 4.46. The van der Waals surface area contributed by atoms with E-state index in [1.807, 2.05) is 0 Å². The van der Waals surface area contributed by atoms with E-state index in [-0.39, 0.29) is 0 Å². The molecule has 0 bridgehead atoms. The molecule has 0 N–H and O–H groups in total. The third kappa shape index (κ3) is 8.46. The van der Waals surface area contributed by atoms with E-state index in [0.717, 1.165) is 12.5 Å². The third-order valence-corrected chi connectivity index (χ3v) is 12.7. The monoisotopic (exact) mass is 233 g/mol. The Hall–Kier alpha value is 0.458. The van der Waals surface area contributed by atoms with E-state index in [4.69, 9.17) is 0 Å². The van der Waals surface area contributed by atoms with E-state index in [2.05, 4.69) is 0 Å². The number of hydrogen-bond acceptors (Lipinski definition) is 4. The first-order valence-corrected chi connectivity index (χ1v) is 10.1. The Labute approximate surface area is 59.1 Å². The van der Waals surface area contributed by atoms with Crippen molar-refractivity contribution in [1.82, 2.24) is 0 Å². The van der Waals surface area contributed by atoms with Gasteiger partial charge in [0.1, 0.15) is 0 Å². The Morgan fingerprint density at radius 2 is 1.11 bits per heavy atom. The minimum atomic E-state index is -3.28. The first-order chi connectivity index (χ1) is 3.71. The molecule has 0 aliphatic rings. The fraction of sp³-hybridized carbons (Fsp3) is 1.00. The van der Waals surface area contributed by atoms with E-state index in [9.17, 15) is 16.8 Å². The fourth-order valence-electron chi connectivity index (χ4n) is 0.246. The molecule has 7 heteroatoms. The predicted octanol–water partition coefficient (Wildman–Crippen LogP) is -1.39. The average molecular weight is 233 g/mol. The topological polar surface area (TPSA) is 68.3 Å². The Morgan fingerprint density at radius 1 is 0.889 bits per heavy atom. The molecule has 0 saturated heterocycles. The summed E-state index contributed by atoms with van der Waals surface area (Å²) < 4.78 is 41.2. The zero-order valence-corrected chi connectivity index (χ0v) is 8.41. The quantitative estimate of drug-likeness (QED) is 0.551. The van der Waals surface area contributed by atoms with Crippen molar-refractivity contribution in [3.05, 3.63) is 0 Å². The van der Waals surface area contributed by atoms with Crippen LogP contribution < -0.4 is 0 Å². The van der Waals surface area contributed by atoms with Crippen LogP contribution in [-0.4, -0.2) is 42.8 Å². The van der Waals surface area contributed by atoms with Crippen molar-refractivity contribution >= 4 is 29.6 Å². The van der Waals surface area contributed by atoms with Crippen LogP contribution in [0, 0.1) is 0 Å². The van der Waals surface area contributed by atoms with Gasteiger partial charge >= 0.3 is 59.0 Å². The standard InChI is InChI=1S/C2H6AsO4S2/c1-8(4,5)3-9(2,6)7/h1-2H3. The summed E-state index contributed by atoms with van der Waals surface area (Å²) in [5.74, 6) is 0. The summed E-state index contributed by atoms with van der Waals surface area (Å²) in [6.45, 7) is 0. The van der Waals surface area contributed by atoms with Gasteiger partial charge < -0.3 is 0 Å². The van der Waals surface area contributed by atoms with Crippen LogP contribution in [0.1, 0.15) is 0 Å². The fourth-order valence-corrected chi connectivity index (χ4v) is 11.5. The Bertz CT molecular complexity index is 242. The van der Waals surface area contributed by atoms with Gasteiger partial charge in [-0.05, 0) is 0 Å². The van der Waals surface area contributed by atoms with Crippen LogP contribution in [0.5, 0.6) is 0 Å². The first-order valence-electron chi connectivity index (χ1n) is 1.85. The molecule has 0 atom stereocenters.